The van der Waals surface area contributed by atoms with Crippen molar-refractivity contribution in [2.24, 2.45) is 0 Å². The first-order valence-electron chi connectivity index (χ1n) is 7.58. The molecular weight excluding hydrogens is 270 g/mol. The molecule has 0 bridgehead atoms. The predicted molar refractivity (Wildman–Crippen MR) is 83.1 cm³/mol. The lowest BCUT2D eigenvalue weighted by atomic mass is 9.79. The maximum atomic E-state index is 11.6. The third kappa shape index (κ3) is 2.71. The lowest BCUT2D eigenvalue weighted by Gasteiger charge is -2.37. The van der Waals surface area contributed by atoms with E-state index in [1.165, 1.54) is 36.8 Å². The molecule has 0 N–H and O–H groups in total. The van der Waals surface area contributed by atoms with Gasteiger partial charge in [-0.25, -0.2) is 8.42 Å². The van der Waals surface area contributed by atoms with Crippen molar-refractivity contribution in [3.8, 4) is 0 Å². The number of benzene rings is 1. The van der Waals surface area contributed by atoms with E-state index in [0.29, 0.717) is 0 Å². The second-order valence-corrected chi connectivity index (χ2v) is 8.53. The van der Waals surface area contributed by atoms with Crippen molar-refractivity contribution in [3.05, 3.63) is 29.8 Å². The van der Waals surface area contributed by atoms with Gasteiger partial charge in [0.2, 0.25) is 0 Å². The summed E-state index contributed by atoms with van der Waals surface area (Å²) in [6, 6.07) is 8.68. The first-order valence-corrected chi connectivity index (χ1v) is 9.54. The Hall–Kier alpha value is -1.03. The van der Waals surface area contributed by atoms with Crippen LogP contribution >= 0.6 is 0 Å². The first-order chi connectivity index (χ1) is 9.55. The fourth-order valence-electron chi connectivity index (χ4n) is 3.36. The normalized spacial score (nSPS) is 21.8. The first kappa shape index (κ1) is 13.9. The number of piperidine rings is 1. The molecule has 4 heteroatoms. The van der Waals surface area contributed by atoms with Crippen molar-refractivity contribution in [3.63, 3.8) is 0 Å². The average molecular weight is 293 g/mol. The van der Waals surface area contributed by atoms with Crippen LogP contribution in [0, 0.1) is 0 Å². The molecule has 0 radical (unpaired) electrons. The van der Waals surface area contributed by atoms with Crippen molar-refractivity contribution in [1.29, 1.82) is 0 Å². The zero-order chi connectivity index (χ0) is 14.2. The molecular formula is C16H23NO2S. The number of anilines is 1. The molecule has 1 aliphatic carbocycles. The van der Waals surface area contributed by atoms with Crippen LogP contribution in [0.3, 0.4) is 0 Å². The van der Waals surface area contributed by atoms with Crippen molar-refractivity contribution in [2.75, 3.05) is 24.2 Å². The lowest BCUT2D eigenvalue weighted by Crippen LogP contribution is -2.39. The zero-order valence-electron chi connectivity index (χ0n) is 12.1. The molecule has 20 heavy (non-hydrogen) atoms. The standard InChI is InChI=1S/C16H23NO2S/c1-20(18,19)14-9-11-17(12-10-14)16-8-3-2-7-15(16)13-5-4-6-13/h2-3,7-8,13-14H,4-6,9-12H2,1H3. The minimum atomic E-state index is -2.88. The van der Waals surface area contributed by atoms with Gasteiger partial charge in [0.05, 0.1) is 5.25 Å². The van der Waals surface area contributed by atoms with E-state index in [2.05, 4.69) is 29.2 Å². The average Bonchev–Trinajstić information content (AvgIpc) is 2.37. The molecule has 0 aromatic heterocycles. The molecule has 0 amide bonds. The summed E-state index contributed by atoms with van der Waals surface area (Å²) < 4.78 is 23.3. The number of nitrogens with zero attached hydrogens (tertiary/aromatic N) is 1. The van der Waals surface area contributed by atoms with Gasteiger partial charge in [-0.05, 0) is 43.2 Å². The predicted octanol–water partition coefficient (Wildman–Crippen LogP) is 2.97. The molecule has 1 saturated carbocycles. The van der Waals surface area contributed by atoms with Gasteiger partial charge >= 0.3 is 0 Å². The van der Waals surface area contributed by atoms with Crippen molar-refractivity contribution < 1.29 is 8.42 Å². The third-order valence-corrected chi connectivity index (χ3v) is 6.55. The van der Waals surface area contributed by atoms with E-state index >= 15 is 0 Å². The Balaban J connectivity index is 1.75. The zero-order valence-corrected chi connectivity index (χ0v) is 12.9. The van der Waals surface area contributed by atoms with E-state index in [9.17, 15) is 8.42 Å². The summed E-state index contributed by atoms with van der Waals surface area (Å²) in [4.78, 5) is 2.38. The molecule has 1 aliphatic heterocycles. The van der Waals surface area contributed by atoms with Crippen molar-refractivity contribution >= 4 is 15.5 Å². The summed E-state index contributed by atoms with van der Waals surface area (Å²) in [6.07, 6.45) is 6.84. The highest BCUT2D eigenvalue weighted by Gasteiger charge is 2.29. The molecule has 0 unspecified atom stereocenters. The van der Waals surface area contributed by atoms with E-state index in [1.807, 2.05) is 0 Å². The van der Waals surface area contributed by atoms with E-state index in [0.717, 1.165) is 31.8 Å². The van der Waals surface area contributed by atoms with Crippen molar-refractivity contribution in [1.82, 2.24) is 0 Å². The van der Waals surface area contributed by atoms with E-state index in [4.69, 9.17) is 0 Å². The number of rotatable bonds is 3. The number of hydrogen-bond donors (Lipinski definition) is 0. The lowest BCUT2D eigenvalue weighted by molar-refractivity contribution is 0.418. The van der Waals surface area contributed by atoms with E-state index < -0.39 is 9.84 Å². The maximum Gasteiger partial charge on any atom is 0.150 e. The molecule has 3 nitrogen and oxygen atoms in total. The minimum absolute atomic E-state index is 0.144. The Morgan fingerprint density at radius 3 is 2.25 bits per heavy atom. The van der Waals surface area contributed by atoms with Gasteiger partial charge in [-0.15, -0.1) is 0 Å². The van der Waals surface area contributed by atoms with Gasteiger partial charge in [-0.2, -0.15) is 0 Å². The summed E-state index contributed by atoms with van der Waals surface area (Å²) in [7, 11) is -2.88. The summed E-state index contributed by atoms with van der Waals surface area (Å²) in [5.74, 6) is 0.721. The molecule has 2 fully saturated rings. The van der Waals surface area contributed by atoms with Gasteiger partial charge in [0.1, 0.15) is 9.84 Å². The largest absolute Gasteiger partial charge is 0.371 e. The minimum Gasteiger partial charge on any atom is -0.371 e. The van der Waals surface area contributed by atoms with Crippen molar-refractivity contribution in [2.45, 2.75) is 43.3 Å². The summed E-state index contributed by atoms with van der Waals surface area (Å²) in [5, 5.41) is -0.144. The number of sulfone groups is 1. The summed E-state index contributed by atoms with van der Waals surface area (Å²) >= 11 is 0. The van der Waals surface area contributed by atoms with Gasteiger partial charge in [0.15, 0.2) is 0 Å². The molecule has 0 spiro atoms. The molecule has 1 aromatic rings. The Labute approximate surface area is 121 Å². The molecule has 1 saturated heterocycles. The molecule has 1 aromatic carbocycles. The van der Waals surface area contributed by atoms with Crippen LogP contribution in [0.5, 0.6) is 0 Å². The van der Waals surface area contributed by atoms with Gasteiger partial charge < -0.3 is 4.90 Å². The Bertz CT molecular complexity index is 570. The van der Waals surface area contributed by atoms with Crippen LogP contribution in [0.1, 0.15) is 43.6 Å². The maximum absolute atomic E-state index is 11.6. The number of para-hydroxylation sites is 1. The Morgan fingerprint density at radius 1 is 1.05 bits per heavy atom. The van der Waals surface area contributed by atoms with Crippen LogP contribution < -0.4 is 4.90 Å². The Morgan fingerprint density at radius 2 is 1.70 bits per heavy atom. The highest BCUT2D eigenvalue weighted by Crippen LogP contribution is 2.41. The molecule has 2 aliphatic rings. The van der Waals surface area contributed by atoms with Gasteiger partial charge in [-0.3, -0.25) is 0 Å². The molecule has 110 valence electrons. The van der Waals surface area contributed by atoms with Gasteiger partial charge in [-0.1, -0.05) is 24.6 Å². The fourth-order valence-corrected chi connectivity index (χ4v) is 4.43. The third-order valence-electron chi connectivity index (χ3n) is 4.87. The van der Waals surface area contributed by atoms with Crippen LogP contribution in [-0.4, -0.2) is 33.0 Å². The quantitative estimate of drug-likeness (QED) is 0.860. The second kappa shape index (κ2) is 5.40. The smallest absolute Gasteiger partial charge is 0.150 e. The molecule has 3 rings (SSSR count). The SMILES string of the molecule is CS(=O)(=O)C1CCN(c2ccccc2C2CCC2)CC1. The monoisotopic (exact) mass is 293 g/mol. The fraction of sp³-hybridized carbons (Fsp3) is 0.625. The molecule has 0 atom stereocenters. The van der Waals surface area contributed by atoms with E-state index in [-0.39, 0.29) is 5.25 Å². The van der Waals surface area contributed by atoms with Crippen LogP contribution in [-0.2, 0) is 9.84 Å². The summed E-state index contributed by atoms with van der Waals surface area (Å²) in [6.45, 7) is 1.73. The summed E-state index contributed by atoms with van der Waals surface area (Å²) in [5.41, 5.74) is 2.81. The van der Waals surface area contributed by atoms with Gasteiger partial charge in [0.25, 0.3) is 0 Å². The number of hydrogen-bond acceptors (Lipinski definition) is 3. The molecule has 1 heterocycles. The highest BCUT2D eigenvalue weighted by atomic mass is 32.2. The highest BCUT2D eigenvalue weighted by molar-refractivity contribution is 7.91. The van der Waals surface area contributed by atoms with Crippen LogP contribution in [0.15, 0.2) is 24.3 Å². The topological polar surface area (TPSA) is 37.4 Å². The van der Waals surface area contributed by atoms with Crippen LogP contribution in [0.4, 0.5) is 5.69 Å². The van der Waals surface area contributed by atoms with Crippen LogP contribution in [0.2, 0.25) is 0 Å². The van der Waals surface area contributed by atoms with Crippen LogP contribution in [0.25, 0.3) is 0 Å². The second-order valence-electron chi connectivity index (χ2n) is 6.20. The van der Waals surface area contributed by atoms with E-state index in [1.54, 1.807) is 0 Å². The Kier molecular flexibility index (Phi) is 3.76. The van der Waals surface area contributed by atoms with Gasteiger partial charge in [0, 0.05) is 25.0 Å².